The molecule has 0 radical (unpaired) electrons. The first-order chi connectivity index (χ1) is 17.4. The molecule has 3 aromatic rings. The molecule has 0 spiro atoms. The monoisotopic (exact) mass is 486 g/mol. The summed E-state index contributed by atoms with van der Waals surface area (Å²) in [6, 6.07) is 23.1. The van der Waals surface area contributed by atoms with E-state index in [1.54, 1.807) is 32.4 Å². The van der Waals surface area contributed by atoms with E-state index >= 15 is 0 Å². The number of methoxy groups -OCH3 is 2. The van der Waals surface area contributed by atoms with Gasteiger partial charge in [-0.1, -0.05) is 73.0 Å². The van der Waals surface area contributed by atoms with E-state index < -0.39 is 5.54 Å². The third-order valence-electron chi connectivity index (χ3n) is 6.99. The van der Waals surface area contributed by atoms with Crippen LogP contribution in [0.3, 0.4) is 0 Å². The maximum absolute atomic E-state index is 14.0. The number of aryl methyl sites for hydroxylation is 1. The molecular weight excluding hydrogens is 452 g/mol. The van der Waals surface area contributed by atoms with Crippen LogP contribution in [0.1, 0.15) is 42.4 Å². The van der Waals surface area contributed by atoms with E-state index in [4.69, 9.17) is 9.47 Å². The standard InChI is InChI=1S/C30H34N2O4/c1-22-11-13-24(14-12-22)21-32(28(33)19-23-9-5-4-6-10-23)30(17-7-8-18-30)29(34)31-26-16-15-25(35-2)20-27(26)36-3/h4-6,9-16,20H,7-8,17-19,21H2,1-3H3,(H,31,34). The van der Waals surface area contributed by atoms with Crippen molar-refractivity contribution in [2.24, 2.45) is 0 Å². The maximum Gasteiger partial charge on any atom is 0.250 e. The average Bonchev–Trinajstić information content (AvgIpc) is 3.40. The van der Waals surface area contributed by atoms with Gasteiger partial charge in [0.05, 0.1) is 26.3 Å². The largest absolute Gasteiger partial charge is 0.497 e. The first-order valence-electron chi connectivity index (χ1n) is 12.4. The third-order valence-corrected chi connectivity index (χ3v) is 6.99. The number of nitrogens with one attached hydrogen (secondary N) is 1. The van der Waals surface area contributed by atoms with E-state index in [-0.39, 0.29) is 18.2 Å². The van der Waals surface area contributed by atoms with Crippen molar-refractivity contribution < 1.29 is 19.1 Å². The van der Waals surface area contributed by atoms with E-state index in [0.29, 0.717) is 36.6 Å². The summed E-state index contributed by atoms with van der Waals surface area (Å²) in [7, 11) is 3.14. The Morgan fingerprint density at radius 1 is 0.889 bits per heavy atom. The quantitative estimate of drug-likeness (QED) is 0.432. The van der Waals surface area contributed by atoms with E-state index in [0.717, 1.165) is 29.5 Å². The lowest BCUT2D eigenvalue weighted by molar-refractivity contribution is -0.145. The minimum atomic E-state index is -0.943. The third kappa shape index (κ3) is 5.54. The maximum atomic E-state index is 14.0. The molecule has 2 amide bonds. The summed E-state index contributed by atoms with van der Waals surface area (Å²) in [5.74, 6) is 0.911. The van der Waals surface area contributed by atoms with Crippen molar-refractivity contribution in [2.45, 2.75) is 51.1 Å². The van der Waals surface area contributed by atoms with Gasteiger partial charge in [-0.15, -0.1) is 0 Å². The number of rotatable bonds is 9. The Balaban J connectivity index is 1.68. The van der Waals surface area contributed by atoms with Crippen LogP contribution in [0.2, 0.25) is 0 Å². The van der Waals surface area contributed by atoms with E-state index in [9.17, 15) is 9.59 Å². The van der Waals surface area contributed by atoms with Crippen LogP contribution in [0.15, 0.2) is 72.8 Å². The van der Waals surface area contributed by atoms with Crippen molar-refractivity contribution >= 4 is 17.5 Å². The summed E-state index contributed by atoms with van der Waals surface area (Å²) in [5, 5.41) is 3.08. The van der Waals surface area contributed by atoms with Crippen molar-refractivity contribution in [2.75, 3.05) is 19.5 Å². The topological polar surface area (TPSA) is 67.9 Å². The minimum absolute atomic E-state index is 0.0551. The Labute approximate surface area is 213 Å². The highest BCUT2D eigenvalue weighted by Gasteiger charge is 2.48. The van der Waals surface area contributed by atoms with Crippen molar-refractivity contribution in [1.29, 1.82) is 0 Å². The lowest BCUT2D eigenvalue weighted by Gasteiger charge is -2.40. The highest BCUT2D eigenvalue weighted by Crippen LogP contribution is 2.39. The van der Waals surface area contributed by atoms with Crippen LogP contribution in [0.4, 0.5) is 5.69 Å². The van der Waals surface area contributed by atoms with Gasteiger partial charge in [-0.2, -0.15) is 0 Å². The number of ether oxygens (including phenoxy) is 2. The fourth-order valence-electron chi connectivity index (χ4n) is 4.94. The molecular formula is C30H34N2O4. The van der Waals surface area contributed by atoms with Gasteiger partial charge in [-0.25, -0.2) is 0 Å². The molecule has 0 saturated heterocycles. The molecule has 188 valence electrons. The SMILES string of the molecule is COc1ccc(NC(=O)C2(N(Cc3ccc(C)cc3)C(=O)Cc3ccccc3)CCCC2)c(OC)c1. The Hall–Kier alpha value is -3.80. The molecule has 6 nitrogen and oxygen atoms in total. The number of amides is 2. The zero-order valence-corrected chi connectivity index (χ0v) is 21.3. The molecule has 0 atom stereocenters. The number of benzene rings is 3. The summed E-state index contributed by atoms with van der Waals surface area (Å²) < 4.78 is 10.8. The smallest absolute Gasteiger partial charge is 0.250 e. The van der Waals surface area contributed by atoms with Gasteiger partial charge in [0.1, 0.15) is 17.0 Å². The molecule has 0 bridgehead atoms. The highest BCUT2D eigenvalue weighted by atomic mass is 16.5. The van der Waals surface area contributed by atoms with Gasteiger partial charge in [-0.3, -0.25) is 9.59 Å². The van der Waals surface area contributed by atoms with Crippen LogP contribution in [-0.4, -0.2) is 36.5 Å². The fraction of sp³-hybridized carbons (Fsp3) is 0.333. The molecule has 1 fully saturated rings. The zero-order valence-electron chi connectivity index (χ0n) is 21.3. The molecule has 6 heteroatoms. The summed E-state index contributed by atoms with van der Waals surface area (Å²) >= 11 is 0. The minimum Gasteiger partial charge on any atom is -0.497 e. The number of hydrogen-bond acceptors (Lipinski definition) is 4. The molecule has 0 aromatic heterocycles. The van der Waals surface area contributed by atoms with Gasteiger partial charge in [0, 0.05) is 12.6 Å². The Morgan fingerprint density at radius 3 is 2.22 bits per heavy atom. The molecule has 0 aliphatic heterocycles. The first kappa shape index (κ1) is 25.3. The molecule has 4 rings (SSSR count). The number of carbonyl (C=O) groups is 2. The zero-order chi connectivity index (χ0) is 25.5. The van der Waals surface area contributed by atoms with E-state index in [1.165, 1.54) is 0 Å². The molecule has 1 saturated carbocycles. The van der Waals surface area contributed by atoms with Gasteiger partial charge >= 0.3 is 0 Å². The predicted molar refractivity (Wildman–Crippen MR) is 141 cm³/mol. The van der Waals surface area contributed by atoms with Crippen LogP contribution >= 0.6 is 0 Å². The molecule has 1 N–H and O–H groups in total. The molecule has 1 aliphatic carbocycles. The van der Waals surface area contributed by atoms with Gasteiger partial charge in [-0.05, 0) is 43.0 Å². The Bertz CT molecular complexity index is 1190. The molecule has 3 aromatic carbocycles. The van der Waals surface area contributed by atoms with E-state index in [1.807, 2.05) is 66.4 Å². The second-order valence-corrected chi connectivity index (χ2v) is 9.39. The number of hydrogen-bond donors (Lipinski definition) is 1. The van der Waals surface area contributed by atoms with Crippen molar-refractivity contribution in [1.82, 2.24) is 4.90 Å². The number of nitrogens with zero attached hydrogens (tertiary/aromatic N) is 1. The van der Waals surface area contributed by atoms with Crippen LogP contribution in [-0.2, 0) is 22.6 Å². The normalized spacial score (nSPS) is 14.2. The van der Waals surface area contributed by atoms with Gasteiger partial charge in [0.25, 0.3) is 0 Å². The van der Waals surface area contributed by atoms with Crippen molar-refractivity contribution in [3.8, 4) is 11.5 Å². The first-order valence-corrected chi connectivity index (χ1v) is 12.4. The second-order valence-electron chi connectivity index (χ2n) is 9.39. The van der Waals surface area contributed by atoms with Crippen molar-refractivity contribution in [3.05, 3.63) is 89.5 Å². The highest BCUT2D eigenvalue weighted by molar-refractivity contribution is 6.02. The number of carbonyl (C=O) groups excluding carboxylic acids is 2. The van der Waals surface area contributed by atoms with Crippen LogP contribution < -0.4 is 14.8 Å². The van der Waals surface area contributed by atoms with Gasteiger partial charge < -0.3 is 19.7 Å². The molecule has 0 unspecified atom stereocenters. The fourth-order valence-corrected chi connectivity index (χ4v) is 4.94. The summed E-state index contributed by atoms with van der Waals surface area (Å²) in [6.07, 6.45) is 3.24. The van der Waals surface area contributed by atoms with Crippen LogP contribution in [0, 0.1) is 6.92 Å². The van der Waals surface area contributed by atoms with Crippen molar-refractivity contribution in [3.63, 3.8) is 0 Å². The van der Waals surface area contributed by atoms with Gasteiger partial charge in [0.15, 0.2) is 0 Å². The summed E-state index contributed by atoms with van der Waals surface area (Å²) in [5.41, 5.74) is 2.70. The Morgan fingerprint density at radius 2 is 1.58 bits per heavy atom. The van der Waals surface area contributed by atoms with Crippen LogP contribution in [0.25, 0.3) is 0 Å². The van der Waals surface area contributed by atoms with Gasteiger partial charge in [0.2, 0.25) is 11.8 Å². The number of anilines is 1. The molecule has 1 aliphatic rings. The van der Waals surface area contributed by atoms with E-state index in [2.05, 4.69) is 5.32 Å². The molecule has 36 heavy (non-hydrogen) atoms. The lowest BCUT2D eigenvalue weighted by Crippen LogP contribution is -2.57. The lowest BCUT2D eigenvalue weighted by atomic mass is 9.91. The average molecular weight is 487 g/mol. The Kier molecular flexibility index (Phi) is 7.93. The summed E-state index contributed by atoms with van der Waals surface area (Å²) in [4.78, 5) is 29.7. The van der Waals surface area contributed by atoms with Crippen LogP contribution in [0.5, 0.6) is 11.5 Å². The molecule has 0 heterocycles. The predicted octanol–water partition coefficient (Wildman–Crippen LogP) is 5.54. The summed E-state index contributed by atoms with van der Waals surface area (Å²) in [6.45, 7) is 2.41. The second kappa shape index (κ2) is 11.3.